The normalized spacial score (nSPS) is 17.4. The number of aryl methyl sites for hydroxylation is 1. The molecule has 0 saturated carbocycles. The summed E-state index contributed by atoms with van der Waals surface area (Å²) in [6.07, 6.45) is 1.62. The van der Waals surface area contributed by atoms with Gasteiger partial charge in [-0.05, 0) is 17.7 Å². The lowest BCUT2D eigenvalue weighted by atomic mass is 10.0. The van der Waals surface area contributed by atoms with Crippen molar-refractivity contribution in [1.82, 2.24) is 19.7 Å². The van der Waals surface area contributed by atoms with Gasteiger partial charge >= 0.3 is 0 Å². The van der Waals surface area contributed by atoms with Crippen molar-refractivity contribution >= 4 is 21.4 Å². The summed E-state index contributed by atoms with van der Waals surface area (Å²) < 4.78 is 25.5. The third-order valence-electron chi connectivity index (χ3n) is 5.21. The zero-order chi connectivity index (χ0) is 21.1. The molecule has 8 nitrogen and oxygen atoms in total. The first kappa shape index (κ1) is 20.2. The number of nitrogens with zero attached hydrogens (tertiary/aromatic N) is 4. The van der Waals surface area contributed by atoms with Crippen LogP contribution < -0.4 is 5.32 Å². The molecule has 2 heterocycles. The molecule has 1 N–H and O–H groups in total. The summed E-state index contributed by atoms with van der Waals surface area (Å²) in [5.74, 6) is 0.624. The van der Waals surface area contributed by atoms with Crippen LogP contribution in [0.5, 0.6) is 0 Å². The van der Waals surface area contributed by atoms with E-state index in [0.717, 1.165) is 11.1 Å². The Labute approximate surface area is 175 Å². The van der Waals surface area contributed by atoms with E-state index in [-0.39, 0.29) is 17.4 Å². The number of rotatable bonds is 5. The second kappa shape index (κ2) is 8.37. The third kappa shape index (κ3) is 4.42. The molecule has 2 aromatic carbocycles. The van der Waals surface area contributed by atoms with Crippen molar-refractivity contribution in [1.29, 1.82) is 0 Å². The maximum Gasteiger partial charge on any atom is 0.246 e. The number of aromatic nitrogens is 3. The number of hydrogen-bond donors (Lipinski definition) is 1. The molecule has 0 spiro atoms. The minimum atomic E-state index is -3.04. The first-order valence-corrected chi connectivity index (χ1v) is 11.5. The van der Waals surface area contributed by atoms with Crippen molar-refractivity contribution in [2.24, 2.45) is 7.05 Å². The van der Waals surface area contributed by atoms with Crippen LogP contribution in [0.4, 0.5) is 5.69 Å². The highest BCUT2D eigenvalue weighted by atomic mass is 32.2. The molecule has 1 atom stereocenters. The molecule has 0 radical (unpaired) electrons. The largest absolute Gasteiger partial charge is 0.324 e. The number of carbonyl (C=O) groups is 1. The van der Waals surface area contributed by atoms with Gasteiger partial charge in [-0.25, -0.2) is 8.42 Å². The molecular formula is C21H23N5O3S. The second-order valence-corrected chi connectivity index (χ2v) is 9.64. The summed E-state index contributed by atoms with van der Waals surface area (Å²) in [4.78, 5) is 15.2. The molecule has 0 aliphatic carbocycles. The van der Waals surface area contributed by atoms with E-state index in [1.54, 1.807) is 6.33 Å². The van der Waals surface area contributed by atoms with Gasteiger partial charge in [0, 0.05) is 31.4 Å². The van der Waals surface area contributed by atoms with Crippen LogP contribution in [0.25, 0.3) is 11.4 Å². The predicted octanol–water partition coefficient (Wildman–Crippen LogP) is 1.89. The Kier molecular flexibility index (Phi) is 5.65. The van der Waals surface area contributed by atoms with Crippen LogP contribution in [0, 0.1) is 0 Å². The molecule has 4 rings (SSSR count). The fourth-order valence-electron chi connectivity index (χ4n) is 3.64. The Balaban J connectivity index is 1.59. The summed E-state index contributed by atoms with van der Waals surface area (Å²) >= 11 is 0. The molecule has 1 aliphatic rings. The SMILES string of the molecule is Cn1cnnc1-c1cccc(NC(=O)C(c2ccccc2)N2CCS(=O)(=O)CC2)c1. The summed E-state index contributed by atoms with van der Waals surface area (Å²) in [6, 6.07) is 16.3. The monoisotopic (exact) mass is 425 g/mol. The van der Waals surface area contributed by atoms with Crippen LogP contribution in [0.3, 0.4) is 0 Å². The lowest BCUT2D eigenvalue weighted by Gasteiger charge is -2.33. The van der Waals surface area contributed by atoms with Crippen LogP contribution in [0.1, 0.15) is 11.6 Å². The minimum absolute atomic E-state index is 0.0608. The van der Waals surface area contributed by atoms with Gasteiger partial charge in [-0.2, -0.15) is 0 Å². The number of benzene rings is 2. The highest BCUT2D eigenvalue weighted by molar-refractivity contribution is 7.91. The van der Waals surface area contributed by atoms with E-state index in [9.17, 15) is 13.2 Å². The molecular weight excluding hydrogens is 402 g/mol. The van der Waals surface area contributed by atoms with Crippen molar-refractivity contribution in [2.45, 2.75) is 6.04 Å². The zero-order valence-corrected chi connectivity index (χ0v) is 17.4. The number of sulfone groups is 1. The molecule has 1 saturated heterocycles. The Morgan fingerprint density at radius 1 is 1.07 bits per heavy atom. The Bertz CT molecular complexity index is 1130. The lowest BCUT2D eigenvalue weighted by molar-refractivity contribution is -0.121. The number of amides is 1. The molecule has 156 valence electrons. The average Bonchev–Trinajstić information content (AvgIpc) is 3.16. The molecule has 3 aromatic rings. The number of anilines is 1. The van der Waals surface area contributed by atoms with E-state index < -0.39 is 15.9 Å². The molecule has 30 heavy (non-hydrogen) atoms. The highest BCUT2D eigenvalue weighted by Crippen LogP contribution is 2.26. The van der Waals surface area contributed by atoms with Crippen LogP contribution >= 0.6 is 0 Å². The van der Waals surface area contributed by atoms with Gasteiger partial charge in [0.25, 0.3) is 0 Å². The van der Waals surface area contributed by atoms with Gasteiger partial charge in [-0.1, -0.05) is 42.5 Å². The topological polar surface area (TPSA) is 97.2 Å². The van der Waals surface area contributed by atoms with Gasteiger partial charge in [0.2, 0.25) is 5.91 Å². The fraction of sp³-hybridized carbons (Fsp3) is 0.286. The van der Waals surface area contributed by atoms with Crippen molar-refractivity contribution < 1.29 is 13.2 Å². The van der Waals surface area contributed by atoms with Gasteiger partial charge in [0.1, 0.15) is 12.4 Å². The van der Waals surface area contributed by atoms with Crippen molar-refractivity contribution in [2.75, 3.05) is 29.9 Å². The molecule has 1 fully saturated rings. The smallest absolute Gasteiger partial charge is 0.246 e. The van der Waals surface area contributed by atoms with Gasteiger partial charge in [0.15, 0.2) is 15.7 Å². The van der Waals surface area contributed by atoms with Gasteiger partial charge in [-0.15, -0.1) is 10.2 Å². The summed E-state index contributed by atoms with van der Waals surface area (Å²) in [5, 5.41) is 11.0. The summed E-state index contributed by atoms with van der Waals surface area (Å²) in [7, 11) is -1.18. The maximum atomic E-state index is 13.3. The Morgan fingerprint density at radius 2 is 1.80 bits per heavy atom. The lowest BCUT2D eigenvalue weighted by Crippen LogP contribution is -2.46. The quantitative estimate of drug-likeness (QED) is 0.671. The van der Waals surface area contributed by atoms with Gasteiger partial charge in [-0.3, -0.25) is 9.69 Å². The number of carbonyl (C=O) groups excluding carboxylic acids is 1. The molecule has 0 bridgehead atoms. The van der Waals surface area contributed by atoms with Crippen molar-refractivity contribution in [3.63, 3.8) is 0 Å². The molecule has 1 amide bonds. The maximum absolute atomic E-state index is 13.3. The van der Waals surface area contributed by atoms with Gasteiger partial charge in [0.05, 0.1) is 11.5 Å². The summed E-state index contributed by atoms with van der Waals surface area (Å²) in [5.41, 5.74) is 2.32. The standard InChI is InChI=1S/C21H23N5O3S/c1-25-15-22-24-20(25)17-8-5-9-18(14-17)23-21(27)19(16-6-3-2-4-7-16)26-10-12-30(28,29)13-11-26/h2-9,14-15,19H,10-13H2,1H3,(H,23,27). The van der Waals surface area contributed by atoms with Crippen LogP contribution in [0.2, 0.25) is 0 Å². The van der Waals surface area contributed by atoms with Crippen LogP contribution in [-0.2, 0) is 21.7 Å². The number of hydrogen-bond acceptors (Lipinski definition) is 6. The Hall–Kier alpha value is -3.04. The first-order chi connectivity index (χ1) is 14.4. The van der Waals surface area contributed by atoms with Crippen molar-refractivity contribution in [3.8, 4) is 11.4 Å². The van der Waals surface area contributed by atoms with E-state index in [2.05, 4.69) is 15.5 Å². The van der Waals surface area contributed by atoms with Gasteiger partial charge < -0.3 is 9.88 Å². The van der Waals surface area contributed by atoms with Crippen molar-refractivity contribution in [3.05, 3.63) is 66.5 Å². The molecule has 1 aromatic heterocycles. The third-order valence-corrected chi connectivity index (χ3v) is 6.82. The van der Waals surface area contributed by atoms with Crippen LogP contribution in [-0.4, -0.2) is 58.6 Å². The van der Waals surface area contributed by atoms with E-state index in [0.29, 0.717) is 24.6 Å². The van der Waals surface area contributed by atoms with E-state index in [1.807, 2.05) is 71.1 Å². The van der Waals surface area contributed by atoms with Crippen LogP contribution in [0.15, 0.2) is 60.9 Å². The fourth-order valence-corrected chi connectivity index (χ4v) is 4.87. The number of nitrogens with one attached hydrogen (secondary N) is 1. The molecule has 9 heteroatoms. The minimum Gasteiger partial charge on any atom is -0.324 e. The Morgan fingerprint density at radius 3 is 2.47 bits per heavy atom. The first-order valence-electron chi connectivity index (χ1n) is 9.68. The van der Waals surface area contributed by atoms with E-state index in [4.69, 9.17) is 0 Å². The molecule has 1 unspecified atom stereocenters. The second-order valence-electron chi connectivity index (χ2n) is 7.34. The zero-order valence-electron chi connectivity index (χ0n) is 16.6. The molecule has 1 aliphatic heterocycles. The summed E-state index contributed by atoms with van der Waals surface area (Å²) in [6.45, 7) is 0.655. The average molecular weight is 426 g/mol. The highest BCUT2D eigenvalue weighted by Gasteiger charge is 2.32. The predicted molar refractivity (Wildman–Crippen MR) is 114 cm³/mol. The van der Waals surface area contributed by atoms with E-state index in [1.165, 1.54) is 0 Å². The van der Waals surface area contributed by atoms with E-state index >= 15 is 0 Å².